The number of thioether (sulfide) groups is 1. The molecular formula is C14H14N2S. The number of nitrogens with zero attached hydrogens (tertiary/aromatic N) is 1. The lowest BCUT2D eigenvalue weighted by Crippen LogP contribution is -2.20. The largest absolute Gasteiger partial charge is 0.305 e. The lowest BCUT2D eigenvalue weighted by Gasteiger charge is -2.13. The molecule has 1 aromatic carbocycles. The summed E-state index contributed by atoms with van der Waals surface area (Å²) in [5.41, 5.74) is 2.72. The van der Waals surface area contributed by atoms with E-state index >= 15 is 0 Å². The number of rotatable bonds is 3. The van der Waals surface area contributed by atoms with Gasteiger partial charge in [-0.1, -0.05) is 18.2 Å². The summed E-state index contributed by atoms with van der Waals surface area (Å²) in [5, 5.41) is 3.61. The lowest BCUT2D eigenvalue weighted by atomic mass is 10.1. The molecule has 3 heteroatoms. The summed E-state index contributed by atoms with van der Waals surface area (Å²) in [6.07, 6.45) is 3.68. The molecule has 1 N–H and O–H groups in total. The predicted octanol–water partition coefficient (Wildman–Crippen LogP) is 3.02. The van der Waals surface area contributed by atoms with Crippen LogP contribution < -0.4 is 5.32 Å². The average Bonchev–Trinajstić information content (AvgIpc) is 2.81. The third-order valence-corrected chi connectivity index (χ3v) is 4.18. The number of aromatic nitrogens is 1. The molecule has 0 saturated carbocycles. The maximum absolute atomic E-state index is 4.03. The van der Waals surface area contributed by atoms with Crippen molar-refractivity contribution >= 4 is 11.8 Å². The zero-order valence-corrected chi connectivity index (χ0v) is 10.3. The second-order valence-corrected chi connectivity index (χ2v) is 5.20. The number of fused-ring (bicyclic) bond motifs is 1. The Morgan fingerprint density at radius 1 is 1.18 bits per heavy atom. The van der Waals surface area contributed by atoms with Crippen LogP contribution in [0.3, 0.4) is 0 Å². The molecule has 1 atom stereocenters. The van der Waals surface area contributed by atoms with Crippen LogP contribution in [0.15, 0.2) is 53.7 Å². The molecule has 0 fully saturated rings. The first-order chi connectivity index (χ1) is 8.43. The van der Waals surface area contributed by atoms with Gasteiger partial charge in [0.05, 0.1) is 0 Å². The van der Waals surface area contributed by atoms with Crippen LogP contribution in [0, 0.1) is 0 Å². The normalized spacial score (nSPS) is 18.0. The average molecular weight is 242 g/mol. The highest BCUT2D eigenvalue weighted by molar-refractivity contribution is 7.99. The molecule has 3 rings (SSSR count). The molecule has 1 unspecified atom stereocenters. The van der Waals surface area contributed by atoms with Crippen LogP contribution in [-0.2, 0) is 6.54 Å². The molecular weight excluding hydrogens is 228 g/mol. The van der Waals surface area contributed by atoms with Crippen LogP contribution in [0.5, 0.6) is 0 Å². The molecule has 1 aliphatic heterocycles. The van der Waals surface area contributed by atoms with E-state index in [-0.39, 0.29) is 0 Å². The Morgan fingerprint density at radius 3 is 2.88 bits per heavy atom. The molecule has 0 radical (unpaired) electrons. The van der Waals surface area contributed by atoms with Gasteiger partial charge in [0.2, 0.25) is 0 Å². The van der Waals surface area contributed by atoms with E-state index < -0.39 is 0 Å². The second-order valence-electron chi connectivity index (χ2n) is 4.14. The molecule has 0 bridgehead atoms. The van der Waals surface area contributed by atoms with Gasteiger partial charge in [0.1, 0.15) is 0 Å². The quantitative estimate of drug-likeness (QED) is 0.895. The first-order valence-corrected chi connectivity index (χ1v) is 6.76. The van der Waals surface area contributed by atoms with Crippen molar-refractivity contribution in [1.29, 1.82) is 0 Å². The van der Waals surface area contributed by atoms with Gasteiger partial charge in [0.15, 0.2) is 0 Å². The Bertz CT molecular complexity index is 499. The Hall–Kier alpha value is -1.32. The Kier molecular flexibility index (Phi) is 3.12. The highest BCUT2D eigenvalue weighted by atomic mass is 32.2. The van der Waals surface area contributed by atoms with Gasteiger partial charge in [-0.15, -0.1) is 11.8 Å². The monoisotopic (exact) mass is 242 g/mol. The van der Waals surface area contributed by atoms with Gasteiger partial charge in [0, 0.05) is 35.6 Å². The highest BCUT2D eigenvalue weighted by Gasteiger charge is 2.21. The number of benzene rings is 1. The fraction of sp³-hybridized carbons (Fsp3) is 0.214. The Morgan fingerprint density at radius 2 is 2.00 bits per heavy atom. The third kappa shape index (κ3) is 2.35. The van der Waals surface area contributed by atoms with Gasteiger partial charge in [-0.3, -0.25) is 4.98 Å². The summed E-state index contributed by atoms with van der Waals surface area (Å²) < 4.78 is 0. The maximum atomic E-state index is 4.03. The van der Waals surface area contributed by atoms with E-state index in [0.29, 0.717) is 6.04 Å². The maximum Gasteiger partial charge on any atom is 0.0429 e. The van der Waals surface area contributed by atoms with Crippen LogP contribution in [0.25, 0.3) is 0 Å². The minimum atomic E-state index is 0.476. The number of nitrogens with one attached hydrogen (secondary N) is 1. The van der Waals surface area contributed by atoms with Crippen molar-refractivity contribution in [3.63, 3.8) is 0 Å². The second kappa shape index (κ2) is 4.90. The van der Waals surface area contributed by atoms with E-state index in [0.717, 1.165) is 12.3 Å². The SMILES string of the molecule is c1ccc2c(c1)SCC2NCc1ccncc1. The molecule has 0 saturated heterocycles. The summed E-state index contributed by atoms with van der Waals surface area (Å²) >= 11 is 1.94. The fourth-order valence-corrected chi connectivity index (χ4v) is 3.27. The molecule has 0 spiro atoms. The minimum absolute atomic E-state index is 0.476. The van der Waals surface area contributed by atoms with Crippen molar-refractivity contribution in [3.05, 3.63) is 59.9 Å². The van der Waals surface area contributed by atoms with E-state index in [2.05, 4.69) is 46.7 Å². The summed E-state index contributed by atoms with van der Waals surface area (Å²) in [7, 11) is 0. The van der Waals surface area contributed by atoms with Crippen molar-refractivity contribution in [2.75, 3.05) is 5.75 Å². The lowest BCUT2D eigenvalue weighted by molar-refractivity contribution is 0.583. The predicted molar refractivity (Wildman–Crippen MR) is 71.0 cm³/mol. The van der Waals surface area contributed by atoms with Gasteiger partial charge in [-0.2, -0.15) is 0 Å². The van der Waals surface area contributed by atoms with Crippen molar-refractivity contribution in [2.24, 2.45) is 0 Å². The van der Waals surface area contributed by atoms with E-state index in [1.165, 1.54) is 16.0 Å². The molecule has 0 amide bonds. The van der Waals surface area contributed by atoms with Crippen LogP contribution >= 0.6 is 11.8 Å². The Labute approximate surface area is 105 Å². The van der Waals surface area contributed by atoms with Crippen molar-refractivity contribution in [2.45, 2.75) is 17.5 Å². The molecule has 17 heavy (non-hydrogen) atoms. The molecule has 1 aliphatic rings. The third-order valence-electron chi connectivity index (χ3n) is 3.00. The first kappa shape index (κ1) is 10.8. The summed E-state index contributed by atoms with van der Waals surface area (Å²) in [5.74, 6) is 1.13. The number of hydrogen-bond donors (Lipinski definition) is 1. The fourth-order valence-electron chi connectivity index (χ4n) is 2.07. The van der Waals surface area contributed by atoms with Crippen molar-refractivity contribution in [3.8, 4) is 0 Å². The number of pyridine rings is 1. The molecule has 86 valence electrons. The first-order valence-electron chi connectivity index (χ1n) is 5.77. The molecule has 2 aromatic rings. The zero-order valence-electron chi connectivity index (χ0n) is 9.47. The van der Waals surface area contributed by atoms with Gasteiger partial charge in [0.25, 0.3) is 0 Å². The summed E-state index contributed by atoms with van der Waals surface area (Å²) in [6, 6.07) is 13.2. The highest BCUT2D eigenvalue weighted by Crippen LogP contribution is 2.37. The van der Waals surface area contributed by atoms with Crippen LogP contribution in [0.1, 0.15) is 17.2 Å². The van der Waals surface area contributed by atoms with Gasteiger partial charge in [-0.05, 0) is 29.3 Å². The smallest absolute Gasteiger partial charge is 0.0429 e. The van der Waals surface area contributed by atoms with Gasteiger partial charge < -0.3 is 5.32 Å². The topological polar surface area (TPSA) is 24.9 Å². The molecule has 0 aliphatic carbocycles. The van der Waals surface area contributed by atoms with Crippen LogP contribution in [0.4, 0.5) is 0 Å². The van der Waals surface area contributed by atoms with E-state index in [1.54, 1.807) is 0 Å². The Balaban J connectivity index is 1.68. The molecule has 2 heterocycles. The zero-order chi connectivity index (χ0) is 11.5. The van der Waals surface area contributed by atoms with Gasteiger partial charge in [-0.25, -0.2) is 0 Å². The standard InChI is InChI=1S/C14H14N2S/c1-2-4-14-12(3-1)13(10-17-14)16-9-11-5-7-15-8-6-11/h1-8,13,16H,9-10H2. The molecule has 1 aromatic heterocycles. The summed E-state index contributed by atoms with van der Waals surface area (Å²) in [4.78, 5) is 5.45. The minimum Gasteiger partial charge on any atom is -0.305 e. The summed E-state index contributed by atoms with van der Waals surface area (Å²) in [6.45, 7) is 0.905. The van der Waals surface area contributed by atoms with Crippen molar-refractivity contribution < 1.29 is 0 Å². The van der Waals surface area contributed by atoms with Crippen LogP contribution in [-0.4, -0.2) is 10.7 Å². The number of hydrogen-bond acceptors (Lipinski definition) is 3. The van der Waals surface area contributed by atoms with E-state index in [9.17, 15) is 0 Å². The molecule has 2 nitrogen and oxygen atoms in total. The van der Waals surface area contributed by atoms with Crippen LogP contribution in [0.2, 0.25) is 0 Å². The van der Waals surface area contributed by atoms with Gasteiger partial charge >= 0.3 is 0 Å². The van der Waals surface area contributed by atoms with Crippen molar-refractivity contribution in [1.82, 2.24) is 10.3 Å². The van der Waals surface area contributed by atoms with E-state index in [4.69, 9.17) is 0 Å². The van der Waals surface area contributed by atoms with E-state index in [1.807, 2.05) is 24.2 Å².